The summed E-state index contributed by atoms with van der Waals surface area (Å²) in [7, 11) is 2.16. The molecular formula is C23H25ClN2O. The number of aromatic nitrogens is 1. The highest BCUT2D eigenvalue weighted by molar-refractivity contribution is 6.31. The molecule has 1 aromatic heterocycles. The van der Waals surface area contributed by atoms with Crippen molar-refractivity contribution in [1.82, 2.24) is 9.88 Å². The minimum absolute atomic E-state index is 0.413. The zero-order valence-electron chi connectivity index (χ0n) is 15.6. The third-order valence-electron chi connectivity index (χ3n) is 5.65. The summed E-state index contributed by atoms with van der Waals surface area (Å²) < 4.78 is 0. The van der Waals surface area contributed by atoms with Gasteiger partial charge in [-0.2, -0.15) is 0 Å². The van der Waals surface area contributed by atoms with Crippen molar-refractivity contribution < 1.29 is 5.11 Å². The second kappa shape index (κ2) is 7.97. The number of pyridine rings is 1. The van der Waals surface area contributed by atoms with Crippen LogP contribution in [0.3, 0.4) is 0 Å². The van der Waals surface area contributed by atoms with E-state index in [1.165, 1.54) is 12.8 Å². The maximum atomic E-state index is 11.2. The molecule has 1 aliphatic rings. The van der Waals surface area contributed by atoms with Gasteiger partial charge < -0.3 is 10.0 Å². The molecule has 2 aromatic carbocycles. The number of piperidine rings is 1. The molecule has 2 atom stereocenters. The van der Waals surface area contributed by atoms with Gasteiger partial charge in [0.25, 0.3) is 0 Å². The van der Waals surface area contributed by atoms with Gasteiger partial charge in [0.05, 0.1) is 17.3 Å². The maximum absolute atomic E-state index is 11.2. The van der Waals surface area contributed by atoms with Crippen molar-refractivity contribution >= 4 is 22.5 Å². The topological polar surface area (TPSA) is 36.4 Å². The van der Waals surface area contributed by atoms with E-state index in [1.807, 2.05) is 42.5 Å². The third kappa shape index (κ3) is 4.01. The van der Waals surface area contributed by atoms with E-state index < -0.39 is 6.10 Å². The number of aliphatic hydroxyl groups excluding tert-OH is 1. The van der Waals surface area contributed by atoms with E-state index in [9.17, 15) is 5.11 Å². The third-order valence-corrected chi connectivity index (χ3v) is 5.88. The summed E-state index contributed by atoms with van der Waals surface area (Å²) in [5.41, 5.74) is 3.72. The minimum atomic E-state index is -0.540. The van der Waals surface area contributed by atoms with Crippen molar-refractivity contribution in [3.63, 3.8) is 0 Å². The molecule has 4 rings (SSSR count). The summed E-state index contributed by atoms with van der Waals surface area (Å²) in [6.07, 6.45) is 3.82. The number of fused-ring (bicyclic) bond motifs is 1. The number of rotatable bonds is 4. The highest BCUT2D eigenvalue weighted by Crippen LogP contribution is 2.34. The van der Waals surface area contributed by atoms with Crippen LogP contribution in [0, 0.1) is 0 Å². The van der Waals surface area contributed by atoms with Gasteiger partial charge in [-0.05, 0) is 62.7 Å². The summed E-state index contributed by atoms with van der Waals surface area (Å²) >= 11 is 6.25. The van der Waals surface area contributed by atoms with Gasteiger partial charge in [-0.3, -0.25) is 0 Å². The molecule has 1 aliphatic heterocycles. The number of benzene rings is 2. The fraction of sp³-hybridized carbons (Fsp3) is 0.348. The fourth-order valence-electron chi connectivity index (χ4n) is 4.08. The molecule has 140 valence electrons. The van der Waals surface area contributed by atoms with Crippen LogP contribution in [0.25, 0.3) is 22.2 Å². The number of nitrogens with zero attached hydrogens (tertiary/aromatic N) is 2. The quantitative estimate of drug-likeness (QED) is 0.652. The Kier molecular flexibility index (Phi) is 5.44. The molecule has 1 N–H and O–H groups in total. The summed E-state index contributed by atoms with van der Waals surface area (Å²) in [6, 6.07) is 18.3. The molecule has 0 saturated carbocycles. The van der Waals surface area contributed by atoms with Crippen molar-refractivity contribution in [2.45, 2.75) is 37.8 Å². The normalized spacial score (nSPS) is 19.3. The van der Waals surface area contributed by atoms with Gasteiger partial charge in [0, 0.05) is 22.0 Å². The number of hydrogen-bond donors (Lipinski definition) is 1. The van der Waals surface area contributed by atoms with Crippen LogP contribution in [0.5, 0.6) is 0 Å². The first-order valence-electron chi connectivity index (χ1n) is 9.66. The summed E-state index contributed by atoms with van der Waals surface area (Å²) in [5.74, 6) is 0. The van der Waals surface area contributed by atoms with Gasteiger partial charge in [0.15, 0.2) is 0 Å². The predicted octanol–water partition coefficient (Wildman–Crippen LogP) is 5.46. The second-order valence-corrected chi connectivity index (χ2v) is 7.94. The zero-order chi connectivity index (χ0) is 18.8. The molecule has 27 heavy (non-hydrogen) atoms. The lowest BCUT2D eigenvalue weighted by atomic mass is 9.92. The van der Waals surface area contributed by atoms with Crippen molar-refractivity contribution in [1.29, 1.82) is 0 Å². The maximum Gasteiger partial charge on any atom is 0.0812 e. The van der Waals surface area contributed by atoms with Gasteiger partial charge >= 0.3 is 0 Å². The Bertz CT molecular complexity index is 928. The number of hydrogen-bond acceptors (Lipinski definition) is 3. The lowest BCUT2D eigenvalue weighted by Gasteiger charge is -2.34. The predicted molar refractivity (Wildman–Crippen MR) is 112 cm³/mol. The number of likely N-dealkylation sites (tertiary alicyclic amines) is 1. The van der Waals surface area contributed by atoms with Crippen LogP contribution < -0.4 is 0 Å². The molecular weight excluding hydrogens is 356 g/mol. The average Bonchev–Trinajstić information content (AvgIpc) is 2.69. The Morgan fingerprint density at radius 1 is 1.15 bits per heavy atom. The first-order chi connectivity index (χ1) is 13.1. The van der Waals surface area contributed by atoms with Crippen LogP contribution in [0.15, 0.2) is 54.6 Å². The molecule has 3 aromatic rings. The zero-order valence-corrected chi connectivity index (χ0v) is 16.4. The Hall–Kier alpha value is -1.94. The summed E-state index contributed by atoms with van der Waals surface area (Å²) in [6.45, 7) is 1.11. The van der Waals surface area contributed by atoms with Gasteiger partial charge in [-0.25, -0.2) is 4.98 Å². The highest BCUT2D eigenvalue weighted by Gasteiger charge is 2.24. The first-order valence-corrected chi connectivity index (χ1v) is 10.0. The van der Waals surface area contributed by atoms with E-state index >= 15 is 0 Å². The lowest BCUT2D eigenvalue weighted by Crippen LogP contribution is -2.37. The summed E-state index contributed by atoms with van der Waals surface area (Å²) in [4.78, 5) is 7.19. The Morgan fingerprint density at radius 3 is 2.74 bits per heavy atom. The van der Waals surface area contributed by atoms with Crippen molar-refractivity contribution in [2.75, 3.05) is 13.6 Å². The molecule has 0 spiro atoms. The molecule has 2 heterocycles. The van der Waals surface area contributed by atoms with Crippen molar-refractivity contribution in [2.24, 2.45) is 0 Å². The Labute approximate surface area is 165 Å². The number of halogens is 1. The van der Waals surface area contributed by atoms with Crippen LogP contribution in [-0.4, -0.2) is 34.6 Å². The van der Waals surface area contributed by atoms with E-state index in [1.54, 1.807) is 0 Å². The molecule has 0 aliphatic carbocycles. The van der Waals surface area contributed by atoms with E-state index in [-0.39, 0.29) is 0 Å². The Morgan fingerprint density at radius 2 is 1.96 bits per heavy atom. The molecule has 1 fully saturated rings. The van der Waals surface area contributed by atoms with Crippen molar-refractivity contribution in [3.05, 3.63) is 65.2 Å². The van der Waals surface area contributed by atoms with Gasteiger partial charge in [-0.1, -0.05) is 48.4 Å². The molecule has 1 saturated heterocycles. The van der Waals surface area contributed by atoms with E-state index in [2.05, 4.69) is 24.1 Å². The minimum Gasteiger partial charge on any atom is -0.388 e. The highest BCUT2D eigenvalue weighted by atomic mass is 35.5. The average molecular weight is 381 g/mol. The molecule has 3 nitrogen and oxygen atoms in total. The first kappa shape index (κ1) is 18.4. The molecule has 2 unspecified atom stereocenters. The lowest BCUT2D eigenvalue weighted by molar-refractivity contribution is 0.0953. The van der Waals surface area contributed by atoms with E-state index in [0.717, 1.165) is 47.1 Å². The second-order valence-electron chi connectivity index (χ2n) is 7.51. The van der Waals surface area contributed by atoms with Gasteiger partial charge in [0.1, 0.15) is 0 Å². The standard InChI is InChI=1S/C23H25ClN2O/c1-26-12-6-5-9-18(26)14-23(27)20-15-22(16-7-3-2-4-8-16)25-21-11-10-17(24)13-19(20)21/h2-4,7-8,10-11,13,15,18,23,27H,5-6,9,12,14H2,1H3. The molecule has 0 bridgehead atoms. The van der Waals surface area contributed by atoms with Crippen LogP contribution in [0.4, 0.5) is 0 Å². The number of aliphatic hydroxyl groups is 1. The monoisotopic (exact) mass is 380 g/mol. The molecule has 0 radical (unpaired) electrons. The van der Waals surface area contributed by atoms with Gasteiger partial charge in [-0.15, -0.1) is 0 Å². The van der Waals surface area contributed by atoms with Crippen LogP contribution in [-0.2, 0) is 0 Å². The SMILES string of the molecule is CN1CCCCC1CC(O)c1cc(-c2ccccc2)nc2ccc(Cl)cc12. The summed E-state index contributed by atoms with van der Waals surface area (Å²) in [5, 5.41) is 12.8. The van der Waals surface area contributed by atoms with E-state index in [4.69, 9.17) is 16.6 Å². The van der Waals surface area contributed by atoms with Gasteiger partial charge in [0.2, 0.25) is 0 Å². The molecule has 4 heteroatoms. The van der Waals surface area contributed by atoms with Crippen LogP contribution >= 0.6 is 11.6 Å². The van der Waals surface area contributed by atoms with Crippen LogP contribution in [0.2, 0.25) is 5.02 Å². The fourth-order valence-corrected chi connectivity index (χ4v) is 4.26. The Balaban J connectivity index is 1.76. The van der Waals surface area contributed by atoms with Crippen molar-refractivity contribution in [3.8, 4) is 11.3 Å². The van der Waals surface area contributed by atoms with E-state index in [0.29, 0.717) is 11.1 Å². The smallest absolute Gasteiger partial charge is 0.0812 e. The largest absolute Gasteiger partial charge is 0.388 e. The van der Waals surface area contributed by atoms with Crippen LogP contribution in [0.1, 0.15) is 37.4 Å². The molecule has 0 amide bonds.